The number of fused-ring (bicyclic) bond motifs is 8. The predicted molar refractivity (Wildman–Crippen MR) is 264 cm³/mol. The van der Waals surface area contributed by atoms with Crippen molar-refractivity contribution in [3.63, 3.8) is 0 Å². The second kappa shape index (κ2) is 13.2. The van der Waals surface area contributed by atoms with Gasteiger partial charge in [-0.2, -0.15) is 0 Å². The third-order valence-corrected chi connectivity index (χ3v) is 13.6. The first-order valence-corrected chi connectivity index (χ1v) is 21.8. The molecule has 0 saturated heterocycles. The molecule has 2 heterocycles. The van der Waals surface area contributed by atoms with Crippen LogP contribution in [-0.2, 0) is 0 Å². The maximum absolute atomic E-state index is 7.21. The second-order valence-corrected chi connectivity index (χ2v) is 18.2. The van der Waals surface area contributed by atoms with Crippen molar-refractivity contribution >= 4 is 76.2 Å². The molecule has 0 bridgehead atoms. The van der Waals surface area contributed by atoms with Gasteiger partial charge < -0.3 is 8.83 Å². The minimum atomic E-state index is 0.899. The average Bonchev–Trinajstić information content (AvgIpc) is 3.78. The first-order chi connectivity index (χ1) is 30.0. The van der Waals surface area contributed by atoms with Crippen LogP contribution in [-0.4, -0.2) is 0 Å². The largest absolute Gasteiger partial charge is 0.455 e. The van der Waals surface area contributed by atoms with Crippen LogP contribution >= 0.6 is 0 Å². The second-order valence-electron chi connectivity index (χ2n) is 18.2. The Morgan fingerprint density at radius 1 is 0.306 bits per heavy atom. The fraction of sp³-hybridized carbons (Fsp3) is 0.133. The third kappa shape index (κ3) is 5.36. The number of aryl methyl sites for hydroxylation is 8. The van der Waals surface area contributed by atoms with Gasteiger partial charge in [0.15, 0.2) is 0 Å². The molecule has 2 nitrogen and oxygen atoms in total. The van der Waals surface area contributed by atoms with Crippen molar-refractivity contribution in [2.75, 3.05) is 0 Å². The first kappa shape index (κ1) is 36.7. The summed E-state index contributed by atoms with van der Waals surface area (Å²) in [5.41, 5.74) is 23.3. The molecule has 10 aromatic carbocycles. The van der Waals surface area contributed by atoms with Crippen LogP contribution in [0.15, 0.2) is 142 Å². The van der Waals surface area contributed by atoms with Crippen molar-refractivity contribution in [1.82, 2.24) is 0 Å². The molecule has 0 N–H and O–H groups in total. The molecule has 0 amide bonds. The molecule has 2 aromatic heterocycles. The lowest BCUT2D eigenvalue weighted by atomic mass is 9.83. The lowest BCUT2D eigenvalue weighted by molar-refractivity contribution is 0.672. The van der Waals surface area contributed by atoms with Crippen LogP contribution in [0.3, 0.4) is 0 Å². The maximum atomic E-state index is 7.21. The van der Waals surface area contributed by atoms with E-state index in [1.807, 2.05) is 0 Å². The van der Waals surface area contributed by atoms with Gasteiger partial charge in [0.1, 0.15) is 22.3 Å². The summed E-state index contributed by atoms with van der Waals surface area (Å²) in [6.07, 6.45) is 0. The van der Waals surface area contributed by atoms with Gasteiger partial charge in [0.2, 0.25) is 0 Å². The van der Waals surface area contributed by atoms with Gasteiger partial charge in [0.05, 0.1) is 0 Å². The Morgan fingerprint density at radius 3 is 1.05 bits per heavy atom. The van der Waals surface area contributed by atoms with E-state index in [9.17, 15) is 0 Å². The lowest BCUT2D eigenvalue weighted by Crippen LogP contribution is -1.93. The molecule has 0 saturated carbocycles. The Balaban J connectivity index is 1.26. The van der Waals surface area contributed by atoms with Gasteiger partial charge in [0, 0.05) is 43.1 Å². The van der Waals surface area contributed by atoms with E-state index < -0.39 is 0 Å². The van der Waals surface area contributed by atoms with E-state index in [1.165, 1.54) is 111 Å². The van der Waals surface area contributed by atoms with Gasteiger partial charge >= 0.3 is 0 Å². The highest BCUT2D eigenvalue weighted by Crippen LogP contribution is 2.52. The van der Waals surface area contributed by atoms with E-state index in [4.69, 9.17) is 8.83 Å². The molecule has 62 heavy (non-hydrogen) atoms. The highest BCUT2D eigenvalue weighted by Gasteiger charge is 2.26. The van der Waals surface area contributed by atoms with Gasteiger partial charge in [-0.3, -0.25) is 0 Å². The Labute approximate surface area is 361 Å². The van der Waals surface area contributed by atoms with Crippen LogP contribution in [0.4, 0.5) is 0 Å². The normalized spacial score (nSPS) is 12.2. The van der Waals surface area contributed by atoms with Gasteiger partial charge in [-0.25, -0.2) is 0 Å². The Morgan fingerprint density at radius 2 is 0.677 bits per heavy atom. The van der Waals surface area contributed by atoms with E-state index in [0.717, 1.165) is 54.6 Å². The van der Waals surface area contributed by atoms with Gasteiger partial charge in [-0.05, 0) is 181 Å². The number of hydrogen-bond donors (Lipinski definition) is 0. The zero-order chi connectivity index (χ0) is 42.3. The summed E-state index contributed by atoms with van der Waals surface area (Å²) in [6.45, 7) is 17.6. The van der Waals surface area contributed by atoms with Gasteiger partial charge in [-0.15, -0.1) is 0 Å². The number of furan rings is 2. The topological polar surface area (TPSA) is 26.3 Å². The molecule has 0 aliphatic carbocycles. The molecule has 298 valence electrons. The average molecular weight is 799 g/mol. The quantitative estimate of drug-likeness (QED) is 0.166. The standard InChI is InChI=1S/C60H46O2/c1-31-19-32(2)22-41(21-31)47-25-43-27-50-46-18-16-40(54-37(7)13-10-14-38(54)8)30-52(46)62-60(50)58-48(42-23-33(3)20-34(4)24-42)26-44-28-49-45-17-15-39(53-35(5)11-9-12-36(53)6)29-51(45)61-59(49)57(47)55(44)56(43)58/h9-30H,1-8H3. The molecule has 0 spiro atoms. The van der Waals surface area contributed by atoms with Crippen molar-refractivity contribution in [1.29, 1.82) is 0 Å². The van der Waals surface area contributed by atoms with Crippen molar-refractivity contribution in [3.05, 3.63) is 178 Å². The summed E-state index contributed by atoms with van der Waals surface area (Å²) in [4.78, 5) is 0. The molecule has 0 unspecified atom stereocenters. The van der Waals surface area contributed by atoms with Crippen LogP contribution in [0.2, 0.25) is 0 Å². The molecular formula is C60H46O2. The minimum absolute atomic E-state index is 0.899. The van der Waals surface area contributed by atoms with Crippen LogP contribution in [0, 0.1) is 55.4 Å². The fourth-order valence-corrected chi connectivity index (χ4v) is 11.2. The van der Waals surface area contributed by atoms with E-state index >= 15 is 0 Å². The summed E-state index contributed by atoms with van der Waals surface area (Å²) in [6, 6.07) is 50.1. The fourth-order valence-electron chi connectivity index (χ4n) is 11.2. The Kier molecular flexibility index (Phi) is 7.79. The Bertz CT molecular complexity index is 3550. The first-order valence-electron chi connectivity index (χ1n) is 21.8. The summed E-state index contributed by atoms with van der Waals surface area (Å²) in [7, 11) is 0. The predicted octanol–water partition coefficient (Wildman–Crippen LogP) is 17.5. The van der Waals surface area contributed by atoms with Crippen LogP contribution in [0.1, 0.15) is 44.5 Å². The molecular weight excluding hydrogens is 753 g/mol. The highest BCUT2D eigenvalue weighted by atomic mass is 16.3. The van der Waals surface area contributed by atoms with Crippen LogP contribution in [0.25, 0.3) is 121 Å². The zero-order valence-electron chi connectivity index (χ0n) is 36.5. The number of rotatable bonds is 4. The van der Waals surface area contributed by atoms with E-state index in [2.05, 4.69) is 189 Å². The molecule has 0 atom stereocenters. The SMILES string of the molecule is Cc1cc(C)cc(-c2cc3cc4c5ccc(-c6c(C)cccc6C)cc5oc4c4c(-c5cc(C)cc(C)c5)cc5cc6c7ccc(-c8c(C)cccc8C)cc7oc6c2c5c34)c1. The van der Waals surface area contributed by atoms with Crippen molar-refractivity contribution in [2.24, 2.45) is 0 Å². The molecule has 0 fully saturated rings. The summed E-state index contributed by atoms with van der Waals surface area (Å²) < 4.78 is 14.4. The molecule has 0 aliphatic rings. The van der Waals surface area contributed by atoms with Crippen LogP contribution < -0.4 is 0 Å². The summed E-state index contributed by atoms with van der Waals surface area (Å²) in [5.74, 6) is 0. The summed E-state index contributed by atoms with van der Waals surface area (Å²) in [5, 5.41) is 11.6. The Hall–Kier alpha value is -7.16. The molecule has 0 aliphatic heterocycles. The van der Waals surface area contributed by atoms with Gasteiger partial charge in [0.25, 0.3) is 0 Å². The minimum Gasteiger partial charge on any atom is -0.455 e. The van der Waals surface area contributed by atoms with Crippen LogP contribution in [0.5, 0.6) is 0 Å². The van der Waals surface area contributed by atoms with Crippen molar-refractivity contribution in [2.45, 2.75) is 55.4 Å². The molecule has 12 aromatic rings. The monoisotopic (exact) mass is 798 g/mol. The number of benzene rings is 10. The molecule has 0 radical (unpaired) electrons. The zero-order valence-corrected chi connectivity index (χ0v) is 36.5. The summed E-state index contributed by atoms with van der Waals surface area (Å²) >= 11 is 0. The van der Waals surface area contributed by atoms with E-state index in [-0.39, 0.29) is 0 Å². The molecule has 2 heteroatoms. The highest BCUT2D eigenvalue weighted by molar-refractivity contribution is 6.39. The smallest absolute Gasteiger partial charge is 0.143 e. The van der Waals surface area contributed by atoms with E-state index in [0.29, 0.717) is 0 Å². The van der Waals surface area contributed by atoms with Gasteiger partial charge in [-0.1, -0.05) is 107 Å². The van der Waals surface area contributed by atoms with E-state index in [1.54, 1.807) is 0 Å². The number of hydrogen-bond acceptors (Lipinski definition) is 2. The lowest BCUT2D eigenvalue weighted by Gasteiger charge is -2.19. The van der Waals surface area contributed by atoms with Crippen molar-refractivity contribution < 1.29 is 8.83 Å². The third-order valence-electron chi connectivity index (χ3n) is 13.6. The maximum Gasteiger partial charge on any atom is 0.143 e. The van der Waals surface area contributed by atoms with Crippen molar-refractivity contribution in [3.8, 4) is 44.5 Å². The molecule has 12 rings (SSSR count).